The monoisotopic (exact) mass is 344 g/mol. The molecule has 2 aromatic heterocycles. The molecule has 1 N–H and O–H groups in total. The molecule has 0 unspecified atom stereocenters. The minimum Gasteiger partial charge on any atom is -0.467 e. The van der Waals surface area contributed by atoms with E-state index in [-0.39, 0.29) is 12.1 Å². The molecule has 0 aliphatic carbocycles. The second kappa shape index (κ2) is 7.37. The molecule has 2 aromatic carbocycles. The first kappa shape index (κ1) is 16.3. The average Bonchev–Trinajstić information content (AvgIpc) is 3.41. The van der Waals surface area contributed by atoms with E-state index in [0.717, 1.165) is 11.4 Å². The second-order valence-corrected chi connectivity index (χ2v) is 6.18. The molecule has 4 aromatic rings. The van der Waals surface area contributed by atoms with Crippen molar-refractivity contribution >= 4 is 0 Å². The molecule has 0 fully saturated rings. The van der Waals surface area contributed by atoms with Crippen molar-refractivity contribution in [3.63, 3.8) is 0 Å². The maximum atomic E-state index is 5.67. The molecule has 2 atom stereocenters. The fraction of sp³-hybridized carbons (Fsp3) is 0.143. The lowest BCUT2D eigenvalue weighted by atomic mass is 10.0. The van der Waals surface area contributed by atoms with Gasteiger partial charge in [0.1, 0.15) is 18.4 Å². The van der Waals surface area contributed by atoms with Gasteiger partial charge in [0.25, 0.3) is 0 Å². The zero-order chi connectivity index (χ0) is 17.8. The topological polar surface area (TPSA) is 55.9 Å². The summed E-state index contributed by atoms with van der Waals surface area (Å²) in [5, 5.41) is 7.84. The lowest BCUT2D eigenvalue weighted by Gasteiger charge is -2.23. The third-order valence-electron chi connectivity index (χ3n) is 4.45. The number of hydrogen-bond donors (Lipinski definition) is 1. The van der Waals surface area contributed by atoms with Crippen molar-refractivity contribution in [2.45, 2.75) is 19.0 Å². The summed E-state index contributed by atoms with van der Waals surface area (Å²) in [7, 11) is 0. The Kier molecular flexibility index (Phi) is 4.62. The van der Waals surface area contributed by atoms with E-state index in [1.807, 2.05) is 42.5 Å². The molecule has 0 aliphatic rings. The van der Waals surface area contributed by atoms with E-state index in [0.29, 0.717) is 0 Å². The van der Waals surface area contributed by atoms with Crippen LogP contribution < -0.4 is 5.32 Å². The van der Waals surface area contributed by atoms with Crippen molar-refractivity contribution < 1.29 is 4.42 Å². The molecule has 130 valence electrons. The van der Waals surface area contributed by atoms with Gasteiger partial charge in [0.15, 0.2) is 0 Å². The fourth-order valence-electron chi connectivity index (χ4n) is 3.05. The van der Waals surface area contributed by atoms with E-state index in [9.17, 15) is 0 Å². The van der Waals surface area contributed by atoms with Crippen LogP contribution in [0.2, 0.25) is 0 Å². The Balaban J connectivity index is 1.56. The maximum Gasteiger partial charge on any atom is 0.138 e. The smallest absolute Gasteiger partial charge is 0.138 e. The Morgan fingerprint density at radius 2 is 1.73 bits per heavy atom. The third kappa shape index (κ3) is 3.43. The minimum absolute atomic E-state index is 0.00353. The van der Waals surface area contributed by atoms with Crippen molar-refractivity contribution in [1.82, 2.24) is 20.1 Å². The van der Waals surface area contributed by atoms with Crippen LogP contribution in [-0.2, 0) is 0 Å². The molecular formula is C21H20N4O. The molecule has 5 heteroatoms. The van der Waals surface area contributed by atoms with Crippen molar-refractivity contribution in [3.8, 4) is 5.69 Å². The van der Waals surface area contributed by atoms with Gasteiger partial charge in [-0.15, -0.1) is 0 Å². The van der Waals surface area contributed by atoms with E-state index in [1.54, 1.807) is 17.3 Å². The highest BCUT2D eigenvalue weighted by atomic mass is 16.3. The number of hydrogen-bond acceptors (Lipinski definition) is 4. The number of benzene rings is 2. The van der Waals surface area contributed by atoms with Crippen LogP contribution in [0.25, 0.3) is 5.69 Å². The summed E-state index contributed by atoms with van der Waals surface area (Å²) in [4.78, 5) is 3.99. The lowest BCUT2D eigenvalue weighted by molar-refractivity contribution is 0.419. The van der Waals surface area contributed by atoms with Crippen molar-refractivity contribution in [3.05, 3.63) is 103 Å². The molecule has 26 heavy (non-hydrogen) atoms. The number of rotatable bonds is 6. The first-order valence-electron chi connectivity index (χ1n) is 8.60. The summed E-state index contributed by atoms with van der Waals surface area (Å²) < 4.78 is 7.42. The van der Waals surface area contributed by atoms with Gasteiger partial charge in [-0.05, 0) is 42.3 Å². The Morgan fingerprint density at radius 3 is 2.38 bits per heavy atom. The van der Waals surface area contributed by atoms with E-state index >= 15 is 0 Å². The van der Waals surface area contributed by atoms with Gasteiger partial charge in [-0.1, -0.05) is 42.5 Å². The number of furan rings is 1. The van der Waals surface area contributed by atoms with Crippen LogP contribution in [0.5, 0.6) is 0 Å². The molecule has 2 heterocycles. The molecule has 0 amide bonds. The second-order valence-electron chi connectivity index (χ2n) is 6.18. The van der Waals surface area contributed by atoms with Crippen LogP contribution in [0.1, 0.15) is 35.9 Å². The fourth-order valence-corrected chi connectivity index (χ4v) is 3.05. The van der Waals surface area contributed by atoms with Crippen molar-refractivity contribution in [2.75, 3.05) is 0 Å². The molecule has 0 bridgehead atoms. The SMILES string of the molecule is C[C@@H](N[C@H](c1ccccc1)c1ccco1)c1ccc(-n2cncn2)cc1. The van der Waals surface area contributed by atoms with E-state index in [2.05, 4.69) is 46.6 Å². The summed E-state index contributed by atoms with van der Waals surface area (Å²) in [6, 6.07) is 22.7. The van der Waals surface area contributed by atoms with Crippen molar-refractivity contribution in [2.24, 2.45) is 0 Å². The summed E-state index contributed by atoms with van der Waals surface area (Å²) in [5.41, 5.74) is 3.36. The zero-order valence-electron chi connectivity index (χ0n) is 14.5. The van der Waals surface area contributed by atoms with Crippen LogP contribution in [0.4, 0.5) is 0 Å². The van der Waals surface area contributed by atoms with Gasteiger partial charge in [-0.25, -0.2) is 9.67 Å². The maximum absolute atomic E-state index is 5.67. The highest BCUT2D eigenvalue weighted by molar-refractivity contribution is 5.35. The Labute approximate surface area is 152 Å². The average molecular weight is 344 g/mol. The predicted molar refractivity (Wildman–Crippen MR) is 99.9 cm³/mol. The molecule has 0 aliphatic heterocycles. The van der Waals surface area contributed by atoms with E-state index in [4.69, 9.17) is 4.42 Å². The van der Waals surface area contributed by atoms with Gasteiger partial charge in [-0.3, -0.25) is 5.32 Å². The lowest BCUT2D eigenvalue weighted by Crippen LogP contribution is -2.25. The van der Waals surface area contributed by atoms with Gasteiger partial charge in [0, 0.05) is 6.04 Å². The van der Waals surface area contributed by atoms with E-state index < -0.39 is 0 Å². The normalized spacial score (nSPS) is 13.4. The molecule has 4 rings (SSSR count). The van der Waals surface area contributed by atoms with Gasteiger partial charge >= 0.3 is 0 Å². The van der Waals surface area contributed by atoms with Gasteiger partial charge in [0.2, 0.25) is 0 Å². The molecular weight excluding hydrogens is 324 g/mol. The van der Waals surface area contributed by atoms with Gasteiger partial charge < -0.3 is 4.42 Å². The Morgan fingerprint density at radius 1 is 0.923 bits per heavy atom. The molecule has 0 radical (unpaired) electrons. The first-order valence-corrected chi connectivity index (χ1v) is 8.60. The third-order valence-corrected chi connectivity index (χ3v) is 4.45. The zero-order valence-corrected chi connectivity index (χ0v) is 14.5. The van der Waals surface area contributed by atoms with Gasteiger partial charge in [-0.2, -0.15) is 5.10 Å². The molecule has 0 saturated heterocycles. The van der Waals surface area contributed by atoms with Crippen LogP contribution in [-0.4, -0.2) is 14.8 Å². The predicted octanol–water partition coefficient (Wildman–Crippen LogP) is 4.30. The molecule has 5 nitrogen and oxygen atoms in total. The van der Waals surface area contributed by atoms with E-state index in [1.165, 1.54) is 17.5 Å². The first-order chi connectivity index (χ1) is 12.8. The van der Waals surface area contributed by atoms with Crippen molar-refractivity contribution in [1.29, 1.82) is 0 Å². The largest absolute Gasteiger partial charge is 0.467 e. The van der Waals surface area contributed by atoms with Gasteiger partial charge in [0.05, 0.1) is 18.0 Å². The van der Waals surface area contributed by atoms with Crippen LogP contribution in [0.15, 0.2) is 90.1 Å². The summed E-state index contributed by atoms with van der Waals surface area (Å²) in [6.07, 6.45) is 4.94. The Hall–Kier alpha value is -3.18. The Bertz CT molecular complexity index is 916. The minimum atomic E-state index is -0.00353. The number of aromatic nitrogens is 3. The highest BCUT2D eigenvalue weighted by Gasteiger charge is 2.19. The summed E-state index contributed by atoms with van der Waals surface area (Å²) in [6.45, 7) is 2.16. The van der Waals surface area contributed by atoms with Crippen LogP contribution in [0.3, 0.4) is 0 Å². The molecule has 0 spiro atoms. The standard InChI is InChI=1S/C21H20N4O/c1-16(17-9-11-19(12-10-17)25-15-22-14-23-25)24-21(20-8-5-13-26-20)18-6-3-2-4-7-18/h2-16,21,24H,1H3/t16-,21-/m1/s1. The summed E-state index contributed by atoms with van der Waals surface area (Å²) in [5.74, 6) is 0.905. The number of nitrogens with zero attached hydrogens (tertiary/aromatic N) is 3. The van der Waals surface area contributed by atoms with Crippen LogP contribution in [0, 0.1) is 0 Å². The quantitative estimate of drug-likeness (QED) is 0.566. The summed E-state index contributed by atoms with van der Waals surface area (Å²) >= 11 is 0. The van der Waals surface area contributed by atoms with Crippen LogP contribution >= 0.6 is 0 Å². The highest BCUT2D eigenvalue weighted by Crippen LogP contribution is 2.26. The number of nitrogens with one attached hydrogen (secondary N) is 1. The molecule has 0 saturated carbocycles.